The van der Waals surface area contributed by atoms with E-state index in [-0.39, 0.29) is 17.2 Å². The lowest BCUT2D eigenvalue weighted by Gasteiger charge is -2.37. The van der Waals surface area contributed by atoms with Crippen LogP contribution in [0.4, 0.5) is 0 Å². The summed E-state index contributed by atoms with van der Waals surface area (Å²) in [5.41, 5.74) is 1.18. The van der Waals surface area contributed by atoms with Crippen LogP contribution in [0.25, 0.3) is 0 Å². The lowest BCUT2D eigenvalue weighted by molar-refractivity contribution is -0.130. The first kappa shape index (κ1) is 20.9. The van der Waals surface area contributed by atoms with Gasteiger partial charge in [0.05, 0.1) is 13.5 Å². The number of nitrogens with zero attached hydrogens (tertiary/aromatic N) is 4. The zero-order chi connectivity index (χ0) is 21.1. The second-order valence-electron chi connectivity index (χ2n) is 9.51. The van der Waals surface area contributed by atoms with Gasteiger partial charge in [-0.2, -0.15) is 0 Å². The summed E-state index contributed by atoms with van der Waals surface area (Å²) in [7, 11) is 1.66. The van der Waals surface area contributed by atoms with E-state index in [1.807, 2.05) is 30.6 Å². The molecule has 162 valence electrons. The molecule has 1 amide bonds. The summed E-state index contributed by atoms with van der Waals surface area (Å²) in [6.07, 6.45) is 8.45. The summed E-state index contributed by atoms with van der Waals surface area (Å²) >= 11 is 0. The molecule has 30 heavy (non-hydrogen) atoms. The van der Waals surface area contributed by atoms with Crippen LogP contribution in [0.3, 0.4) is 0 Å². The Balaban J connectivity index is 1.55. The lowest BCUT2D eigenvalue weighted by Crippen LogP contribution is -2.35. The molecule has 2 heterocycles. The zero-order valence-corrected chi connectivity index (χ0v) is 18.5. The van der Waals surface area contributed by atoms with Crippen LogP contribution in [0, 0.1) is 11.3 Å². The maximum atomic E-state index is 13.2. The van der Waals surface area contributed by atoms with Crippen LogP contribution in [-0.4, -0.2) is 45.8 Å². The number of rotatable bonds is 6. The van der Waals surface area contributed by atoms with Crippen molar-refractivity contribution in [2.45, 2.75) is 64.8 Å². The van der Waals surface area contributed by atoms with Gasteiger partial charge in [-0.25, -0.2) is 0 Å². The highest BCUT2D eigenvalue weighted by atomic mass is 16.5. The first-order valence-corrected chi connectivity index (χ1v) is 11.3. The van der Waals surface area contributed by atoms with Gasteiger partial charge in [-0.15, -0.1) is 10.2 Å². The van der Waals surface area contributed by atoms with E-state index in [2.05, 4.69) is 33.5 Å². The second kappa shape index (κ2) is 8.78. The SMILES string of the molecule is COc1ccc(CC(=O)N2CC(c3nncn3CC(C)C)C3(CCCCC3)C2)cc1. The van der Waals surface area contributed by atoms with Crippen LogP contribution in [0.5, 0.6) is 5.75 Å². The number of hydrogen-bond donors (Lipinski definition) is 0. The molecule has 1 atom stereocenters. The number of hydrogen-bond acceptors (Lipinski definition) is 4. The molecular weight excluding hydrogens is 376 g/mol. The highest BCUT2D eigenvalue weighted by Crippen LogP contribution is 2.51. The van der Waals surface area contributed by atoms with Crippen LogP contribution in [0.1, 0.15) is 63.3 Å². The van der Waals surface area contributed by atoms with Gasteiger partial charge in [0.25, 0.3) is 0 Å². The average Bonchev–Trinajstić information content (AvgIpc) is 3.33. The van der Waals surface area contributed by atoms with Crippen molar-refractivity contribution >= 4 is 5.91 Å². The van der Waals surface area contributed by atoms with Gasteiger partial charge in [-0.1, -0.05) is 45.2 Å². The molecular formula is C24H34N4O2. The molecule has 1 aromatic heterocycles. The van der Waals surface area contributed by atoms with Crippen molar-refractivity contribution in [3.63, 3.8) is 0 Å². The third kappa shape index (κ3) is 4.23. The molecule has 0 radical (unpaired) electrons. The second-order valence-corrected chi connectivity index (χ2v) is 9.51. The quantitative estimate of drug-likeness (QED) is 0.720. The normalized spacial score (nSPS) is 20.8. The smallest absolute Gasteiger partial charge is 0.227 e. The number of carbonyl (C=O) groups is 1. The fourth-order valence-corrected chi connectivity index (χ4v) is 5.37. The van der Waals surface area contributed by atoms with Crippen molar-refractivity contribution in [1.82, 2.24) is 19.7 Å². The highest BCUT2D eigenvalue weighted by molar-refractivity contribution is 5.79. The van der Waals surface area contributed by atoms with Crippen molar-refractivity contribution < 1.29 is 9.53 Å². The summed E-state index contributed by atoms with van der Waals surface area (Å²) in [6.45, 7) is 6.97. The van der Waals surface area contributed by atoms with Gasteiger partial charge < -0.3 is 14.2 Å². The minimum Gasteiger partial charge on any atom is -0.497 e. The molecule has 2 aromatic rings. The summed E-state index contributed by atoms with van der Waals surface area (Å²) in [6, 6.07) is 7.82. The number of benzene rings is 1. The molecule has 1 unspecified atom stereocenters. The van der Waals surface area contributed by atoms with Crippen LogP contribution in [-0.2, 0) is 17.8 Å². The van der Waals surface area contributed by atoms with Gasteiger partial charge in [0.15, 0.2) is 0 Å². The molecule has 6 nitrogen and oxygen atoms in total. The number of amides is 1. The Hall–Kier alpha value is -2.37. The average molecular weight is 411 g/mol. The summed E-state index contributed by atoms with van der Waals surface area (Å²) in [4.78, 5) is 15.3. The minimum absolute atomic E-state index is 0.148. The predicted molar refractivity (Wildman–Crippen MR) is 116 cm³/mol. The van der Waals surface area contributed by atoms with E-state index < -0.39 is 0 Å². The standard InChI is InChI=1S/C24H34N4O2/c1-18(2)14-28-17-25-26-23(28)21-15-27(16-24(21)11-5-4-6-12-24)22(29)13-19-7-9-20(30-3)10-8-19/h7-10,17-18,21H,4-6,11-16H2,1-3H3. The summed E-state index contributed by atoms with van der Waals surface area (Å²) in [5.74, 6) is 2.92. The molecule has 1 spiro atoms. The van der Waals surface area contributed by atoms with Gasteiger partial charge in [0.1, 0.15) is 17.9 Å². The van der Waals surface area contributed by atoms with Gasteiger partial charge in [-0.3, -0.25) is 4.79 Å². The Kier molecular flexibility index (Phi) is 6.11. The van der Waals surface area contributed by atoms with E-state index in [9.17, 15) is 4.79 Å². The summed E-state index contributed by atoms with van der Waals surface area (Å²) in [5, 5.41) is 8.81. The Morgan fingerprint density at radius 3 is 2.60 bits per heavy atom. The Bertz CT molecular complexity index is 852. The van der Waals surface area contributed by atoms with Gasteiger partial charge >= 0.3 is 0 Å². The first-order chi connectivity index (χ1) is 14.5. The van der Waals surface area contributed by atoms with Crippen molar-refractivity contribution in [2.75, 3.05) is 20.2 Å². The van der Waals surface area contributed by atoms with E-state index >= 15 is 0 Å². The fraction of sp³-hybridized carbons (Fsp3) is 0.625. The van der Waals surface area contributed by atoms with E-state index in [0.717, 1.165) is 36.8 Å². The van der Waals surface area contributed by atoms with Crippen LogP contribution in [0.15, 0.2) is 30.6 Å². The maximum absolute atomic E-state index is 13.2. The molecule has 2 fully saturated rings. The summed E-state index contributed by atoms with van der Waals surface area (Å²) < 4.78 is 7.46. The van der Waals surface area contributed by atoms with Crippen molar-refractivity contribution in [1.29, 1.82) is 0 Å². The van der Waals surface area contributed by atoms with Gasteiger partial charge in [0, 0.05) is 25.6 Å². The van der Waals surface area contributed by atoms with Crippen molar-refractivity contribution in [3.8, 4) is 5.75 Å². The van der Waals surface area contributed by atoms with Crippen molar-refractivity contribution in [2.24, 2.45) is 11.3 Å². The van der Waals surface area contributed by atoms with E-state index in [1.165, 1.54) is 32.1 Å². The molecule has 2 aliphatic rings. The number of ether oxygens (including phenoxy) is 1. The Morgan fingerprint density at radius 1 is 1.20 bits per heavy atom. The molecule has 1 aliphatic carbocycles. The van der Waals surface area contributed by atoms with Crippen molar-refractivity contribution in [3.05, 3.63) is 42.0 Å². The zero-order valence-electron chi connectivity index (χ0n) is 18.5. The molecule has 0 N–H and O–H groups in total. The van der Waals surface area contributed by atoms with Crippen LogP contribution < -0.4 is 4.74 Å². The third-order valence-corrected chi connectivity index (χ3v) is 6.88. The third-order valence-electron chi connectivity index (χ3n) is 6.88. The molecule has 1 saturated heterocycles. The number of methoxy groups -OCH3 is 1. The van der Waals surface area contributed by atoms with E-state index in [1.54, 1.807) is 7.11 Å². The fourth-order valence-electron chi connectivity index (χ4n) is 5.37. The molecule has 4 rings (SSSR count). The highest BCUT2D eigenvalue weighted by Gasteiger charge is 2.50. The van der Waals surface area contributed by atoms with Crippen LogP contribution in [0.2, 0.25) is 0 Å². The van der Waals surface area contributed by atoms with Gasteiger partial charge in [0.2, 0.25) is 5.91 Å². The first-order valence-electron chi connectivity index (χ1n) is 11.3. The molecule has 1 aliphatic heterocycles. The number of aromatic nitrogens is 3. The topological polar surface area (TPSA) is 60.2 Å². The molecule has 6 heteroatoms. The minimum atomic E-state index is 0.148. The Labute approximate surface area is 179 Å². The lowest BCUT2D eigenvalue weighted by atomic mass is 9.67. The largest absolute Gasteiger partial charge is 0.497 e. The Morgan fingerprint density at radius 2 is 1.93 bits per heavy atom. The monoisotopic (exact) mass is 410 g/mol. The predicted octanol–water partition coefficient (Wildman–Crippen LogP) is 4.06. The van der Waals surface area contributed by atoms with Gasteiger partial charge in [-0.05, 0) is 41.9 Å². The molecule has 1 saturated carbocycles. The number of likely N-dealkylation sites (tertiary alicyclic amines) is 1. The van der Waals surface area contributed by atoms with E-state index in [4.69, 9.17) is 4.74 Å². The maximum Gasteiger partial charge on any atom is 0.227 e. The molecule has 1 aromatic carbocycles. The van der Waals surface area contributed by atoms with Crippen LogP contribution >= 0.6 is 0 Å². The number of carbonyl (C=O) groups excluding carboxylic acids is 1. The molecule has 0 bridgehead atoms. The van der Waals surface area contributed by atoms with E-state index in [0.29, 0.717) is 12.3 Å².